The summed E-state index contributed by atoms with van der Waals surface area (Å²) in [5.74, 6) is 0.0770. The van der Waals surface area contributed by atoms with Crippen LogP contribution in [0, 0.1) is 11.7 Å². The van der Waals surface area contributed by atoms with Crippen LogP contribution in [0.5, 0.6) is 0 Å². The van der Waals surface area contributed by atoms with Gasteiger partial charge in [0, 0.05) is 17.9 Å². The van der Waals surface area contributed by atoms with E-state index in [9.17, 15) is 14.3 Å². The van der Waals surface area contributed by atoms with E-state index in [0.717, 1.165) is 5.56 Å². The van der Waals surface area contributed by atoms with E-state index < -0.39 is 6.10 Å². The van der Waals surface area contributed by atoms with Crippen molar-refractivity contribution in [2.75, 3.05) is 5.75 Å². The Morgan fingerprint density at radius 3 is 2.40 bits per heavy atom. The number of halogens is 1. The first-order chi connectivity index (χ1) is 12.0. The van der Waals surface area contributed by atoms with Crippen LogP contribution in [-0.4, -0.2) is 22.0 Å². The number of aliphatic hydroxyl groups is 1. The monoisotopic (exact) mass is 361 g/mol. The number of thioether (sulfide) groups is 1. The van der Waals surface area contributed by atoms with Gasteiger partial charge in [0.1, 0.15) is 5.82 Å². The quantitative estimate of drug-likeness (QED) is 0.749. The van der Waals surface area contributed by atoms with Crippen LogP contribution in [-0.2, 0) is 11.3 Å². The first-order valence-electron chi connectivity index (χ1n) is 8.34. The van der Waals surface area contributed by atoms with Crippen molar-refractivity contribution in [2.24, 2.45) is 5.92 Å². The smallest absolute Gasteiger partial charge is 0.233 e. The molecule has 2 rings (SSSR count). The van der Waals surface area contributed by atoms with Crippen LogP contribution in [0.1, 0.15) is 31.1 Å². The second kappa shape index (κ2) is 9.59. The van der Waals surface area contributed by atoms with Crippen molar-refractivity contribution < 1.29 is 14.3 Å². The predicted molar refractivity (Wildman–Crippen MR) is 101 cm³/mol. The Hall–Kier alpha value is -1.85. The third-order valence-corrected chi connectivity index (χ3v) is 5.52. The van der Waals surface area contributed by atoms with Gasteiger partial charge in [-0.15, -0.1) is 11.8 Å². The van der Waals surface area contributed by atoms with Crippen LogP contribution in [0.2, 0.25) is 0 Å². The summed E-state index contributed by atoms with van der Waals surface area (Å²) in [6.45, 7) is 4.10. The van der Waals surface area contributed by atoms with Crippen LogP contribution in [0.15, 0.2) is 54.6 Å². The molecule has 25 heavy (non-hydrogen) atoms. The van der Waals surface area contributed by atoms with Crippen molar-refractivity contribution in [3.05, 3.63) is 71.5 Å². The molecule has 0 radical (unpaired) electrons. The number of rotatable bonds is 8. The fourth-order valence-electron chi connectivity index (χ4n) is 2.46. The van der Waals surface area contributed by atoms with Gasteiger partial charge < -0.3 is 10.4 Å². The van der Waals surface area contributed by atoms with Crippen molar-refractivity contribution in [3.63, 3.8) is 0 Å². The minimum Gasteiger partial charge on any atom is -0.388 e. The molecule has 2 N–H and O–H groups in total. The van der Waals surface area contributed by atoms with Gasteiger partial charge in [-0.1, -0.05) is 62.4 Å². The Labute approximate surface area is 152 Å². The van der Waals surface area contributed by atoms with Gasteiger partial charge in [-0.3, -0.25) is 4.79 Å². The van der Waals surface area contributed by atoms with Crippen molar-refractivity contribution in [1.29, 1.82) is 0 Å². The Morgan fingerprint density at radius 2 is 1.76 bits per heavy atom. The topological polar surface area (TPSA) is 49.3 Å². The second-order valence-corrected chi connectivity index (χ2v) is 7.41. The summed E-state index contributed by atoms with van der Waals surface area (Å²) in [6.07, 6.45) is -0.619. The molecule has 2 aromatic carbocycles. The molecule has 5 heteroatoms. The predicted octanol–water partition coefficient (Wildman–Crippen LogP) is 3.93. The maximum absolute atomic E-state index is 13.7. The number of hydrogen-bond donors (Lipinski definition) is 2. The molecule has 0 saturated carbocycles. The lowest BCUT2D eigenvalue weighted by atomic mass is 10.1. The van der Waals surface area contributed by atoms with Crippen LogP contribution in [0.4, 0.5) is 4.39 Å². The minimum absolute atomic E-state index is 0.105. The van der Waals surface area contributed by atoms with Crippen molar-refractivity contribution in [2.45, 2.75) is 31.7 Å². The van der Waals surface area contributed by atoms with Gasteiger partial charge in [0.2, 0.25) is 5.91 Å². The molecule has 0 bridgehead atoms. The number of hydrogen-bond acceptors (Lipinski definition) is 3. The van der Waals surface area contributed by atoms with E-state index in [4.69, 9.17) is 0 Å². The summed E-state index contributed by atoms with van der Waals surface area (Å²) in [5, 5.41) is 12.8. The summed E-state index contributed by atoms with van der Waals surface area (Å²) in [7, 11) is 0. The molecule has 2 unspecified atom stereocenters. The molecule has 134 valence electrons. The highest BCUT2D eigenvalue weighted by molar-refractivity contribution is 8.00. The number of benzene rings is 2. The van der Waals surface area contributed by atoms with Gasteiger partial charge in [0.15, 0.2) is 0 Å². The minimum atomic E-state index is -0.619. The van der Waals surface area contributed by atoms with E-state index in [1.54, 1.807) is 18.2 Å². The van der Waals surface area contributed by atoms with Gasteiger partial charge in [-0.25, -0.2) is 4.39 Å². The molecule has 0 aromatic heterocycles. The molecule has 0 aliphatic rings. The standard InChI is InChI=1S/C20H24FNO2S/c1-14(2)19(25-13-18(23)15-8-4-3-5-9-15)20(24)22-12-16-10-6-7-11-17(16)21/h3-11,14,18-19,23H,12-13H2,1-2H3,(H,22,24). The lowest BCUT2D eigenvalue weighted by Crippen LogP contribution is -2.36. The summed E-state index contributed by atoms with van der Waals surface area (Å²) in [6, 6.07) is 15.8. The molecule has 0 fully saturated rings. The molecule has 1 amide bonds. The maximum atomic E-state index is 13.7. The lowest BCUT2D eigenvalue weighted by Gasteiger charge is -2.21. The van der Waals surface area contributed by atoms with Gasteiger partial charge in [0.25, 0.3) is 0 Å². The summed E-state index contributed by atoms with van der Waals surface area (Å²) in [4.78, 5) is 12.5. The number of amides is 1. The number of aliphatic hydroxyl groups excluding tert-OH is 1. The molecule has 0 saturated heterocycles. The summed E-state index contributed by atoms with van der Waals surface area (Å²) >= 11 is 1.42. The Kier molecular flexibility index (Phi) is 7.47. The molecule has 0 heterocycles. The molecule has 2 aromatic rings. The number of carbonyl (C=O) groups excluding carboxylic acids is 1. The zero-order chi connectivity index (χ0) is 18.2. The third-order valence-electron chi connectivity index (χ3n) is 3.89. The van der Waals surface area contributed by atoms with Crippen LogP contribution >= 0.6 is 11.8 Å². The number of carbonyl (C=O) groups is 1. The van der Waals surface area contributed by atoms with Crippen molar-refractivity contribution in [3.8, 4) is 0 Å². The largest absolute Gasteiger partial charge is 0.388 e. The van der Waals surface area contributed by atoms with E-state index in [-0.39, 0.29) is 29.4 Å². The summed E-state index contributed by atoms with van der Waals surface area (Å²) in [5.41, 5.74) is 1.30. The van der Waals surface area contributed by atoms with Gasteiger partial charge in [0.05, 0.1) is 11.4 Å². The fourth-order valence-corrected chi connectivity index (χ4v) is 3.66. The number of nitrogens with one attached hydrogen (secondary N) is 1. The average molecular weight is 361 g/mol. The normalized spacial score (nSPS) is 13.5. The van der Waals surface area contributed by atoms with E-state index >= 15 is 0 Å². The van der Waals surface area contributed by atoms with Crippen LogP contribution < -0.4 is 5.32 Å². The van der Waals surface area contributed by atoms with Crippen LogP contribution in [0.3, 0.4) is 0 Å². The molecule has 0 spiro atoms. The molecule has 2 atom stereocenters. The van der Waals surface area contributed by atoms with Gasteiger partial charge >= 0.3 is 0 Å². The highest BCUT2D eigenvalue weighted by Crippen LogP contribution is 2.25. The fraction of sp³-hybridized carbons (Fsp3) is 0.350. The van der Waals surface area contributed by atoms with Crippen LogP contribution in [0.25, 0.3) is 0 Å². The Balaban J connectivity index is 1.91. The van der Waals surface area contributed by atoms with Gasteiger partial charge in [-0.2, -0.15) is 0 Å². The molecule has 0 aliphatic carbocycles. The van der Waals surface area contributed by atoms with E-state index in [2.05, 4.69) is 5.32 Å². The first-order valence-corrected chi connectivity index (χ1v) is 9.39. The Bertz CT molecular complexity index is 678. The maximum Gasteiger partial charge on any atom is 0.233 e. The zero-order valence-electron chi connectivity index (χ0n) is 14.5. The zero-order valence-corrected chi connectivity index (χ0v) is 15.3. The van der Waals surface area contributed by atoms with Gasteiger partial charge in [-0.05, 0) is 17.5 Å². The lowest BCUT2D eigenvalue weighted by molar-refractivity contribution is -0.121. The van der Waals surface area contributed by atoms with Crippen molar-refractivity contribution in [1.82, 2.24) is 5.32 Å². The molecular formula is C20H24FNO2S. The van der Waals surface area contributed by atoms with E-state index in [0.29, 0.717) is 11.3 Å². The Morgan fingerprint density at radius 1 is 1.12 bits per heavy atom. The SMILES string of the molecule is CC(C)C(SCC(O)c1ccccc1)C(=O)NCc1ccccc1F. The summed E-state index contributed by atoms with van der Waals surface area (Å²) < 4.78 is 13.7. The van der Waals surface area contributed by atoms with Crippen molar-refractivity contribution >= 4 is 17.7 Å². The van der Waals surface area contributed by atoms with E-state index in [1.165, 1.54) is 17.8 Å². The molecule has 0 aliphatic heterocycles. The molecule has 3 nitrogen and oxygen atoms in total. The third kappa shape index (κ3) is 5.87. The first kappa shape index (κ1) is 19.5. The van der Waals surface area contributed by atoms with E-state index in [1.807, 2.05) is 44.2 Å². The molecular weight excluding hydrogens is 337 g/mol. The highest BCUT2D eigenvalue weighted by atomic mass is 32.2. The highest BCUT2D eigenvalue weighted by Gasteiger charge is 2.24. The average Bonchev–Trinajstić information content (AvgIpc) is 2.61. The second-order valence-electron chi connectivity index (χ2n) is 6.23.